The molecule has 18 heteroatoms. The van der Waals surface area contributed by atoms with Gasteiger partial charge in [0.2, 0.25) is 29.5 Å². The fourth-order valence-electron chi connectivity index (χ4n) is 7.74. The van der Waals surface area contributed by atoms with Crippen molar-refractivity contribution in [2.75, 3.05) is 25.4 Å². The number of carboxylic acid groups (broad SMARTS) is 2. The molecule has 4 aliphatic rings. The molecular formula is C29H46N8O9S. The molecule has 0 spiro atoms. The maximum Gasteiger partial charge on any atom is 0.326 e. The number of thiol groups is 1. The first kappa shape index (κ1) is 37.4. The normalized spacial score (nSPS) is 24.2. The second-order valence-corrected chi connectivity index (χ2v) is 13.2. The number of carbonyl (C=O) groups is 7. The Morgan fingerprint density at radius 3 is 1.83 bits per heavy atom. The lowest BCUT2D eigenvalue weighted by Crippen LogP contribution is -2.66. The number of hydrogen-bond donors (Lipinski definition) is 9. The number of guanidine groups is 1. The first-order chi connectivity index (χ1) is 22.1. The number of nitrogens with two attached hydrogens (primary N) is 2. The van der Waals surface area contributed by atoms with Crippen molar-refractivity contribution in [2.45, 2.75) is 88.4 Å². The fraction of sp³-hybridized carbons (Fsp3) is 0.724. The lowest BCUT2D eigenvalue weighted by molar-refractivity contribution is -0.159. The van der Waals surface area contributed by atoms with E-state index >= 15 is 0 Å². The summed E-state index contributed by atoms with van der Waals surface area (Å²) in [6, 6.07) is -3.80. The second kappa shape index (κ2) is 16.6. The highest BCUT2D eigenvalue weighted by Crippen LogP contribution is 2.58. The number of nitrogens with one attached hydrogen (secondary N) is 4. The Kier molecular flexibility index (Phi) is 13.2. The van der Waals surface area contributed by atoms with Gasteiger partial charge in [-0.15, -0.1) is 0 Å². The van der Waals surface area contributed by atoms with E-state index in [1.165, 1.54) is 6.92 Å². The van der Waals surface area contributed by atoms with Crippen LogP contribution in [0, 0.1) is 17.8 Å². The van der Waals surface area contributed by atoms with Crippen molar-refractivity contribution < 1.29 is 43.8 Å². The summed E-state index contributed by atoms with van der Waals surface area (Å²) >= 11 is 4.40. The quantitative estimate of drug-likeness (QED) is 0.0327. The maximum absolute atomic E-state index is 13.4. The van der Waals surface area contributed by atoms with Crippen LogP contribution < -0.4 is 32.7 Å². The average Bonchev–Trinajstić information content (AvgIpc) is 2.97. The molecule has 17 nitrogen and oxygen atoms in total. The smallest absolute Gasteiger partial charge is 0.326 e. The van der Waals surface area contributed by atoms with Crippen LogP contribution in [0.25, 0.3) is 0 Å². The summed E-state index contributed by atoms with van der Waals surface area (Å²) in [6.07, 6.45) is 5.42. The summed E-state index contributed by atoms with van der Waals surface area (Å²) in [6.45, 7) is 0.371. The summed E-state index contributed by atoms with van der Waals surface area (Å²) in [5.74, 6) is -4.78. The third-order valence-corrected chi connectivity index (χ3v) is 9.44. The highest BCUT2D eigenvalue weighted by molar-refractivity contribution is 7.80. The molecule has 0 aromatic rings. The number of rotatable bonds is 18. The molecule has 0 heterocycles. The van der Waals surface area contributed by atoms with Crippen LogP contribution in [-0.2, 0) is 33.6 Å². The first-order valence-corrected chi connectivity index (χ1v) is 16.3. The molecule has 0 radical (unpaired) electrons. The number of aliphatic imine (C=N–C) groups is 1. The third kappa shape index (κ3) is 10.5. The lowest BCUT2D eigenvalue weighted by Gasteiger charge is -2.61. The summed E-state index contributed by atoms with van der Waals surface area (Å²) in [5, 5.41) is 27.3. The van der Waals surface area contributed by atoms with E-state index in [-0.39, 0.29) is 37.0 Å². The van der Waals surface area contributed by atoms with Gasteiger partial charge in [0.05, 0.1) is 19.5 Å². The standard InChI is InChI=1S/C29H46N8O9S/c1-15(38)37(29-9-16-5-17(10-29)7-18(6-16)11-29)21(14-47)26(44)34-13-22(39)35-19(3-2-4-32-28(30)31)25(43)33-12-23(40)36-20(27(45)46)8-24(41)42/h16-21,47H,2-14H2,1H3,(H,33,43)(H,34,44)(H,35,39)(H,36,40)(H,41,42)(H,45,46)(H4,30,31,32)/t16?,17?,18?,19-,20-,21-,29?/m0/s1. The minimum absolute atomic E-state index is 0.0318. The van der Waals surface area contributed by atoms with Crippen molar-refractivity contribution in [2.24, 2.45) is 34.2 Å². The van der Waals surface area contributed by atoms with Crippen LogP contribution in [0.3, 0.4) is 0 Å². The molecular weight excluding hydrogens is 636 g/mol. The van der Waals surface area contributed by atoms with Crippen molar-refractivity contribution in [3.8, 4) is 0 Å². The van der Waals surface area contributed by atoms with E-state index in [0.717, 1.165) is 38.5 Å². The SMILES string of the molecule is CC(=O)N([C@@H](CS)C(=O)NCC(=O)N[C@@H](CCCN=C(N)N)C(=O)NCC(=O)N[C@@H](CC(=O)O)C(=O)O)C12CC3CC(CC(C3)C1)C2. The van der Waals surface area contributed by atoms with Crippen molar-refractivity contribution >= 4 is 60.1 Å². The zero-order valence-electron chi connectivity index (χ0n) is 26.4. The number of hydrogen-bond acceptors (Lipinski definition) is 9. The molecule has 10 N–H and O–H groups in total. The molecule has 5 amide bonds. The van der Waals surface area contributed by atoms with Crippen LogP contribution >= 0.6 is 12.6 Å². The zero-order valence-corrected chi connectivity index (χ0v) is 27.3. The number of amides is 5. The summed E-state index contributed by atoms with van der Waals surface area (Å²) in [5.41, 5.74) is 10.3. The third-order valence-electron chi connectivity index (χ3n) is 9.10. The van der Waals surface area contributed by atoms with Gasteiger partial charge in [0, 0.05) is 24.8 Å². The van der Waals surface area contributed by atoms with Crippen LogP contribution in [0.2, 0.25) is 0 Å². The predicted molar refractivity (Wildman–Crippen MR) is 171 cm³/mol. The molecule has 0 saturated heterocycles. The van der Waals surface area contributed by atoms with Crippen LogP contribution in [0.1, 0.15) is 64.7 Å². The number of nitrogens with zero attached hydrogens (tertiary/aromatic N) is 2. The van der Waals surface area contributed by atoms with Gasteiger partial charge in [0.25, 0.3) is 0 Å². The van der Waals surface area contributed by atoms with Crippen LogP contribution in [-0.4, -0.2) is 112 Å². The fourth-order valence-corrected chi connectivity index (χ4v) is 8.07. The Morgan fingerprint density at radius 2 is 1.38 bits per heavy atom. The largest absolute Gasteiger partial charge is 0.481 e. The molecule has 0 aliphatic heterocycles. The topological polar surface area (TPSA) is 276 Å². The first-order valence-electron chi connectivity index (χ1n) is 15.7. The molecule has 262 valence electrons. The molecule has 0 aromatic carbocycles. The Hall–Kier alpha value is -4.09. The van der Waals surface area contributed by atoms with E-state index in [1.54, 1.807) is 4.90 Å². The minimum atomic E-state index is -1.71. The molecule has 4 fully saturated rings. The van der Waals surface area contributed by atoms with Gasteiger partial charge in [-0.2, -0.15) is 12.6 Å². The Bertz CT molecular complexity index is 1220. The summed E-state index contributed by atoms with van der Waals surface area (Å²) in [7, 11) is 0. The summed E-state index contributed by atoms with van der Waals surface area (Å²) < 4.78 is 0. The van der Waals surface area contributed by atoms with Gasteiger partial charge in [0.15, 0.2) is 5.96 Å². The second-order valence-electron chi connectivity index (χ2n) is 12.8. The van der Waals surface area contributed by atoms with Crippen molar-refractivity contribution in [1.29, 1.82) is 0 Å². The van der Waals surface area contributed by atoms with E-state index in [2.05, 4.69) is 33.6 Å². The molecule has 0 aromatic heterocycles. The predicted octanol–water partition coefficient (Wildman–Crippen LogP) is -2.08. The number of carboxylic acids is 2. The van der Waals surface area contributed by atoms with E-state index in [1.807, 2.05) is 5.32 Å². The van der Waals surface area contributed by atoms with E-state index in [4.69, 9.17) is 21.7 Å². The molecule has 47 heavy (non-hydrogen) atoms. The molecule has 0 unspecified atom stereocenters. The van der Waals surface area contributed by atoms with Gasteiger partial charge in [-0.05, 0) is 69.1 Å². The zero-order chi connectivity index (χ0) is 34.9. The highest BCUT2D eigenvalue weighted by atomic mass is 32.1. The van der Waals surface area contributed by atoms with Crippen LogP contribution in [0.15, 0.2) is 4.99 Å². The van der Waals surface area contributed by atoms with Gasteiger partial charge in [-0.1, -0.05) is 0 Å². The van der Waals surface area contributed by atoms with E-state index in [0.29, 0.717) is 17.8 Å². The molecule has 4 aliphatic carbocycles. The van der Waals surface area contributed by atoms with E-state index < -0.39 is 78.7 Å². The van der Waals surface area contributed by atoms with Gasteiger partial charge in [-0.25, -0.2) is 4.79 Å². The van der Waals surface area contributed by atoms with Crippen molar-refractivity contribution in [3.63, 3.8) is 0 Å². The van der Waals surface area contributed by atoms with E-state index in [9.17, 15) is 33.6 Å². The van der Waals surface area contributed by atoms with Gasteiger partial charge in [-0.3, -0.25) is 33.8 Å². The number of carbonyl (C=O) groups excluding carboxylic acids is 5. The van der Waals surface area contributed by atoms with Crippen molar-refractivity contribution in [1.82, 2.24) is 26.2 Å². The monoisotopic (exact) mass is 682 g/mol. The number of aliphatic carboxylic acids is 2. The maximum atomic E-state index is 13.4. The van der Waals surface area contributed by atoms with Gasteiger partial charge in [0.1, 0.15) is 18.1 Å². The van der Waals surface area contributed by atoms with Gasteiger partial charge >= 0.3 is 11.9 Å². The molecule has 4 saturated carbocycles. The van der Waals surface area contributed by atoms with Crippen molar-refractivity contribution in [3.05, 3.63) is 0 Å². The van der Waals surface area contributed by atoms with Gasteiger partial charge < -0.3 is 47.8 Å². The minimum Gasteiger partial charge on any atom is -0.481 e. The Morgan fingerprint density at radius 1 is 0.872 bits per heavy atom. The molecule has 3 atom stereocenters. The highest BCUT2D eigenvalue weighted by Gasteiger charge is 2.56. The van der Waals surface area contributed by atoms with Crippen LogP contribution in [0.5, 0.6) is 0 Å². The van der Waals surface area contributed by atoms with Crippen LogP contribution in [0.4, 0.5) is 0 Å². The Balaban J connectivity index is 1.60. The average molecular weight is 683 g/mol. The Labute approximate surface area is 277 Å². The summed E-state index contributed by atoms with van der Waals surface area (Å²) in [4.78, 5) is 92.1. The molecule has 4 rings (SSSR count). The molecule has 4 bridgehead atoms. The lowest BCUT2D eigenvalue weighted by atomic mass is 9.52.